The fraction of sp³-hybridized carbons (Fsp3) is 0.316. The van der Waals surface area contributed by atoms with E-state index in [0.29, 0.717) is 28.8 Å². The van der Waals surface area contributed by atoms with Gasteiger partial charge in [0.1, 0.15) is 27.3 Å². The molecular weight excluding hydrogens is 379 g/mol. The zero-order valence-electron chi connectivity index (χ0n) is 15.3. The number of carbonyl (C=O) groups excluding carboxylic acids is 1. The molecule has 3 aromatic rings. The molecule has 1 aliphatic rings. The number of halogens is 1. The molecule has 4 rings (SSSR count). The highest BCUT2D eigenvalue weighted by atomic mass is 32.1. The minimum absolute atomic E-state index is 0.259. The monoisotopic (exact) mass is 398 g/mol. The van der Waals surface area contributed by atoms with Crippen LogP contribution in [0.2, 0.25) is 0 Å². The number of hydrogen-bond donors (Lipinski definition) is 1. The van der Waals surface area contributed by atoms with Crippen molar-refractivity contribution in [3.05, 3.63) is 48.2 Å². The number of thiazole rings is 1. The Morgan fingerprint density at radius 1 is 1.29 bits per heavy atom. The maximum Gasteiger partial charge on any atom is 0.214 e. The van der Waals surface area contributed by atoms with E-state index in [-0.39, 0.29) is 11.2 Å². The number of aromatic nitrogens is 4. The lowest BCUT2D eigenvalue weighted by atomic mass is 9.66. The van der Waals surface area contributed by atoms with Crippen LogP contribution in [0, 0.1) is 5.82 Å². The lowest BCUT2D eigenvalue weighted by Gasteiger charge is -2.41. The van der Waals surface area contributed by atoms with E-state index < -0.39 is 0 Å². The topological polar surface area (TPSA) is 83.9 Å². The Balaban J connectivity index is 1.45. The lowest BCUT2D eigenvalue weighted by Crippen LogP contribution is -2.42. The fourth-order valence-corrected chi connectivity index (χ4v) is 4.09. The second kappa shape index (κ2) is 7.59. The van der Waals surface area contributed by atoms with Gasteiger partial charge in [-0.1, -0.05) is 17.8 Å². The zero-order chi connectivity index (χ0) is 19.6. The fourth-order valence-electron chi connectivity index (χ4n) is 3.28. The van der Waals surface area contributed by atoms with Crippen LogP contribution in [0.1, 0.15) is 25.0 Å². The van der Waals surface area contributed by atoms with E-state index in [1.807, 2.05) is 12.1 Å². The Bertz CT molecular complexity index is 973. The average molecular weight is 398 g/mol. The number of hydrogen-bond acceptors (Lipinski definition) is 7. The minimum Gasteiger partial charge on any atom is -0.368 e. The molecule has 3 aromatic heterocycles. The van der Waals surface area contributed by atoms with Crippen LogP contribution in [0.4, 0.5) is 15.2 Å². The molecule has 0 saturated heterocycles. The predicted molar refractivity (Wildman–Crippen MR) is 106 cm³/mol. The molecule has 7 nitrogen and oxygen atoms in total. The second-order valence-corrected chi connectivity index (χ2v) is 7.85. The van der Waals surface area contributed by atoms with E-state index in [2.05, 4.69) is 25.5 Å². The Morgan fingerprint density at radius 2 is 2.14 bits per heavy atom. The summed E-state index contributed by atoms with van der Waals surface area (Å²) in [5.41, 5.74) is 0.859. The van der Waals surface area contributed by atoms with Crippen LogP contribution in [0.3, 0.4) is 0 Å². The Labute approximate surface area is 165 Å². The molecule has 1 amide bonds. The number of nitrogens with one attached hydrogen (secondary N) is 1. The molecule has 0 aliphatic heterocycles. The average Bonchev–Trinajstić information content (AvgIpc) is 3.18. The van der Waals surface area contributed by atoms with Crippen LogP contribution in [-0.4, -0.2) is 40.2 Å². The van der Waals surface area contributed by atoms with E-state index in [0.717, 1.165) is 30.7 Å². The number of nitrogens with zero attached hydrogens (tertiary/aromatic N) is 5. The quantitative estimate of drug-likeness (QED) is 0.615. The summed E-state index contributed by atoms with van der Waals surface area (Å²) >= 11 is 1.36. The summed E-state index contributed by atoms with van der Waals surface area (Å²) < 4.78 is 14.2. The first-order valence-corrected chi connectivity index (χ1v) is 9.76. The van der Waals surface area contributed by atoms with Crippen LogP contribution in [0.15, 0.2) is 36.7 Å². The molecule has 28 heavy (non-hydrogen) atoms. The summed E-state index contributed by atoms with van der Waals surface area (Å²) in [6.07, 6.45) is 6.85. The molecule has 0 radical (unpaired) electrons. The molecule has 0 atom stereocenters. The summed E-state index contributed by atoms with van der Waals surface area (Å²) in [6, 6.07) is 6.72. The highest BCUT2D eigenvalue weighted by Gasteiger charge is 2.41. The van der Waals surface area contributed by atoms with Crippen molar-refractivity contribution >= 4 is 28.6 Å². The highest BCUT2D eigenvalue weighted by molar-refractivity contribution is 7.19. The van der Waals surface area contributed by atoms with Gasteiger partial charge in [-0.2, -0.15) is 0 Å². The van der Waals surface area contributed by atoms with Gasteiger partial charge in [0, 0.05) is 25.2 Å². The van der Waals surface area contributed by atoms with Gasteiger partial charge in [-0.15, -0.1) is 10.2 Å². The van der Waals surface area contributed by atoms with Crippen molar-refractivity contribution in [2.24, 2.45) is 0 Å². The molecule has 0 bridgehead atoms. The van der Waals surface area contributed by atoms with Gasteiger partial charge in [0.2, 0.25) is 6.41 Å². The number of carbonyl (C=O) groups is 1. The van der Waals surface area contributed by atoms with Crippen molar-refractivity contribution in [1.82, 2.24) is 20.2 Å². The normalized spacial score (nSPS) is 14.9. The van der Waals surface area contributed by atoms with Crippen molar-refractivity contribution in [1.29, 1.82) is 0 Å². The van der Waals surface area contributed by atoms with Crippen LogP contribution < -0.4 is 10.2 Å². The van der Waals surface area contributed by atoms with E-state index in [1.54, 1.807) is 25.5 Å². The maximum absolute atomic E-state index is 14.2. The highest BCUT2D eigenvalue weighted by Crippen LogP contribution is 2.43. The minimum atomic E-state index is -0.296. The van der Waals surface area contributed by atoms with Crippen molar-refractivity contribution in [3.8, 4) is 10.7 Å². The van der Waals surface area contributed by atoms with Gasteiger partial charge in [0.25, 0.3) is 0 Å². The van der Waals surface area contributed by atoms with Gasteiger partial charge in [-0.05, 0) is 37.1 Å². The maximum atomic E-state index is 14.2. The molecule has 144 valence electrons. The molecule has 1 aliphatic carbocycles. The van der Waals surface area contributed by atoms with Gasteiger partial charge >= 0.3 is 0 Å². The molecule has 9 heteroatoms. The molecule has 3 heterocycles. The van der Waals surface area contributed by atoms with Crippen LogP contribution in [-0.2, 0) is 10.2 Å². The van der Waals surface area contributed by atoms with E-state index in [1.165, 1.54) is 22.3 Å². The third-order valence-electron chi connectivity index (χ3n) is 5.06. The van der Waals surface area contributed by atoms with E-state index in [9.17, 15) is 9.18 Å². The molecule has 0 spiro atoms. The number of pyridine rings is 1. The van der Waals surface area contributed by atoms with Crippen molar-refractivity contribution in [2.45, 2.75) is 24.7 Å². The zero-order valence-corrected chi connectivity index (χ0v) is 16.1. The third-order valence-corrected chi connectivity index (χ3v) is 6.17. The molecule has 1 saturated carbocycles. The standard InChI is InChI=1S/C19H19FN6OS/c1-26(12-27)16-10-22-18(28-16)14-5-6-15(25-24-14)23-11-19(7-3-8-19)17-13(20)4-2-9-21-17/h2,4-6,9-10,12H,3,7-8,11H2,1H3,(H,23,25). The Morgan fingerprint density at radius 3 is 2.79 bits per heavy atom. The number of rotatable bonds is 7. The Hall–Kier alpha value is -2.94. The largest absolute Gasteiger partial charge is 0.368 e. The van der Waals surface area contributed by atoms with E-state index >= 15 is 0 Å². The first-order valence-electron chi connectivity index (χ1n) is 8.94. The first-order chi connectivity index (χ1) is 13.6. The summed E-state index contributed by atoms with van der Waals surface area (Å²) in [5.74, 6) is 0.360. The summed E-state index contributed by atoms with van der Waals surface area (Å²) in [7, 11) is 1.67. The SMILES string of the molecule is CN(C=O)c1cnc(-c2ccc(NCC3(c4ncccc4F)CCC3)nn2)s1. The summed E-state index contributed by atoms with van der Waals surface area (Å²) in [5, 5.41) is 13.1. The van der Waals surface area contributed by atoms with Gasteiger partial charge in [-0.25, -0.2) is 9.37 Å². The van der Waals surface area contributed by atoms with Gasteiger partial charge in [0.05, 0.1) is 11.9 Å². The van der Waals surface area contributed by atoms with E-state index in [4.69, 9.17) is 0 Å². The molecule has 0 aromatic carbocycles. The lowest BCUT2D eigenvalue weighted by molar-refractivity contribution is -0.107. The molecule has 0 unspecified atom stereocenters. The van der Waals surface area contributed by atoms with Crippen molar-refractivity contribution < 1.29 is 9.18 Å². The van der Waals surface area contributed by atoms with Crippen LogP contribution in [0.25, 0.3) is 10.7 Å². The summed E-state index contributed by atoms with van der Waals surface area (Å²) in [6.45, 7) is 0.556. The predicted octanol–water partition coefficient (Wildman–Crippen LogP) is 3.26. The number of anilines is 2. The van der Waals surface area contributed by atoms with Crippen LogP contribution in [0.5, 0.6) is 0 Å². The smallest absolute Gasteiger partial charge is 0.214 e. The first kappa shape index (κ1) is 18.4. The van der Waals surface area contributed by atoms with Gasteiger partial charge < -0.3 is 10.2 Å². The third kappa shape index (κ3) is 3.45. The number of amides is 1. The van der Waals surface area contributed by atoms with Gasteiger partial charge in [0.15, 0.2) is 0 Å². The Kier molecular flexibility index (Phi) is 4.99. The second-order valence-electron chi connectivity index (χ2n) is 6.85. The summed E-state index contributed by atoms with van der Waals surface area (Å²) in [4.78, 5) is 20.9. The van der Waals surface area contributed by atoms with Crippen LogP contribution >= 0.6 is 11.3 Å². The molecule has 1 N–H and O–H groups in total. The van der Waals surface area contributed by atoms with Gasteiger partial charge in [-0.3, -0.25) is 9.78 Å². The molecule has 1 fully saturated rings. The molecular formula is C19H19FN6OS. The van der Waals surface area contributed by atoms with Crippen molar-refractivity contribution in [2.75, 3.05) is 23.8 Å². The van der Waals surface area contributed by atoms with Crippen molar-refractivity contribution in [3.63, 3.8) is 0 Å².